The molecule has 0 N–H and O–H groups in total. The second-order valence-corrected chi connectivity index (χ2v) is 5.88. The molecule has 2 heteroatoms. The van der Waals surface area contributed by atoms with Gasteiger partial charge in [-0.1, -0.05) is 27.2 Å². The van der Waals surface area contributed by atoms with E-state index in [2.05, 4.69) is 44.3 Å². The number of hydrogen-bond acceptors (Lipinski definition) is 2. The summed E-state index contributed by atoms with van der Waals surface area (Å²) in [5.41, 5.74) is 0. The van der Waals surface area contributed by atoms with Gasteiger partial charge in [0.05, 0.1) is 4.58 Å². The van der Waals surface area contributed by atoms with Gasteiger partial charge in [-0.2, -0.15) is 0 Å². The summed E-state index contributed by atoms with van der Waals surface area (Å²) in [4.78, 5) is 0. The van der Waals surface area contributed by atoms with E-state index in [1.807, 2.05) is 0 Å². The monoisotopic (exact) mass is 206 g/mol. The summed E-state index contributed by atoms with van der Waals surface area (Å²) >= 11 is 4.30. The van der Waals surface area contributed by atoms with E-state index in [1.54, 1.807) is 0 Å². The van der Waals surface area contributed by atoms with E-state index in [9.17, 15) is 0 Å². The Kier molecular flexibility index (Phi) is 10.4. The summed E-state index contributed by atoms with van der Waals surface area (Å²) in [6, 6.07) is 0. The van der Waals surface area contributed by atoms with E-state index >= 15 is 0 Å². The molecule has 0 aromatic carbocycles. The van der Waals surface area contributed by atoms with E-state index in [4.69, 9.17) is 0 Å². The predicted molar refractivity (Wildman–Crippen MR) is 64.2 cm³/mol. The first-order valence-corrected chi connectivity index (χ1v) is 7.18. The van der Waals surface area contributed by atoms with Crippen LogP contribution in [0.3, 0.4) is 0 Å². The molecule has 0 saturated heterocycles. The fourth-order valence-electron chi connectivity index (χ4n) is 0.949. The molecule has 12 heavy (non-hydrogen) atoms. The maximum atomic E-state index is 2.28. The van der Waals surface area contributed by atoms with E-state index in [0.717, 1.165) is 4.58 Å². The largest absolute Gasteiger partial charge is 0.148 e. The van der Waals surface area contributed by atoms with Crippen LogP contribution in [0, 0.1) is 0 Å². The van der Waals surface area contributed by atoms with Crippen molar-refractivity contribution < 1.29 is 0 Å². The van der Waals surface area contributed by atoms with E-state index in [0.29, 0.717) is 0 Å². The summed E-state index contributed by atoms with van der Waals surface area (Å²) in [6.07, 6.45) is 5.35. The van der Waals surface area contributed by atoms with Gasteiger partial charge >= 0.3 is 0 Å². The molecule has 0 aromatic rings. The van der Waals surface area contributed by atoms with Gasteiger partial charge in [0.25, 0.3) is 0 Å². The lowest BCUT2D eigenvalue weighted by Gasteiger charge is -2.13. The first-order valence-electron chi connectivity index (χ1n) is 5.08. The van der Waals surface area contributed by atoms with Crippen molar-refractivity contribution in [3.05, 3.63) is 0 Å². The van der Waals surface area contributed by atoms with Gasteiger partial charge in [-0.25, -0.2) is 0 Å². The molecular formula is C10H22S2. The zero-order valence-electron chi connectivity index (χ0n) is 8.64. The van der Waals surface area contributed by atoms with Crippen LogP contribution < -0.4 is 0 Å². The third-order valence-electron chi connectivity index (χ3n) is 1.54. The van der Waals surface area contributed by atoms with Gasteiger partial charge in [0.1, 0.15) is 0 Å². The molecular weight excluding hydrogens is 184 g/mol. The summed E-state index contributed by atoms with van der Waals surface area (Å²) in [5, 5.41) is 0. The van der Waals surface area contributed by atoms with Gasteiger partial charge in [0.2, 0.25) is 0 Å². The second-order valence-electron chi connectivity index (χ2n) is 2.96. The van der Waals surface area contributed by atoms with Crippen LogP contribution in [0.2, 0.25) is 0 Å². The molecule has 0 aliphatic heterocycles. The minimum atomic E-state index is 0.870. The Morgan fingerprint density at radius 1 is 0.833 bits per heavy atom. The second kappa shape index (κ2) is 9.79. The molecule has 0 nitrogen and oxygen atoms in total. The molecule has 0 heterocycles. The molecule has 0 aromatic heterocycles. The van der Waals surface area contributed by atoms with Crippen molar-refractivity contribution in [2.75, 3.05) is 11.5 Å². The fraction of sp³-hybridized carbons (Fsp3) is 1.00. The Hall–Kier alpha value is 0.700. The fourth-order valence-corrected chi connectivity index (χ4v) is 3.71. The van der Waals surface area contributed by atoms with E-state index in [1.165, 1.54) is 37.2 Å². The first-order chi connectivity index (χ1) is 5.85. The van der Waals surface area contributed by atoms with Crippen LogP contribution in [0.15, 0.2) is 0 Å². The van der Waals surface area contributed by atoms with Crippen LogP contribution in [-0.4, -0.2) is 16.1 Å². The van der Waals surface area contributed by atoms with Crippen molar-refractivity contribution in [3.63, 3.8) is 0 Å². The van der Waals surface area contributed by atoms with Gasteiger partial charge in [-0.05, 0) is 30.8 Å². The highest BCUT2D eigenvalue weighted by molar-refractivity contribution is 8.17. The molecule has 0 spiro atoms. The van der Waals surface area contributed by atoms with Gasteiger partial charge in [0, 0.05) is 0 Å². The van der Waals surface area contributed by atoms with Gasteiger partial charge < -0.3 is 0 Å². The normalized spacial score (nSPS) is 11.0. The Bertz CT molecular complexity index is 75.9. The number of thioether (sulfide) groups is 2. The first kappa shape index (κ1) is 12.7. The third kappa shape index (κ3) is 7.35. The zero-order chi connectivity index (χ0) is 9.23. The van der Waals surface area contributed by atoms with Crippen LogP contribution in [-0.2, 0) is 0 Å². The lowest BCUT2D eigenvalue weighted by atomic mass is 10.4. The maximum absolute atomic E-state index is 2.28. The molecule has 0 aliphatic rings. The lowest BCUT2D eigenvalue weighted by Crippen LogP contribution is -1.98. The molecule has 0 unspecified atom stereocenters. The quantitative estimate of drug-likeness (QED) is 0.540. The van der Waals surface area contributed by atoms with Crippen molar-refractivity contribution in [2.24, 2.45) is 0 Å². The SMILES string of the molecule is CCCSC(CCC)SCCC. The minimum absolute atomic E-state index is 0.870. The molecule has 0 atom stereocenters. The maximum Gasteiger partial charge on any atom is 0.0502 e. The Morgan fingerprint density at radius 3 is 1.67 bits per heavy atom. The van der Waals surface area contributed by atoms with Gasteiger partial charge in [-0.15, -0.1) is 23.5 Å². The standard InChI is InChI=1S/C10H22S2/c1-4-7-10(11-8-5-2)12-9-6-3/h10H,4-9H2,1-3H3. The predicted octanol–water partition coefficient (Wildman–Crippen LogP) is 4.40. The number of hydrogen-bond donors (Lipinski definition) is 0. The van der Waals surface area contributed by atoms with E-state index in [-0.39, 0.29) is 0 Å². The zero-order valence-corrected chi connectivity index (χ0v) is 10.3. The minimum Gasteiger partial charge on any atom is -0.148 e. The average Bonchev–Trinajstić information content (AvgIpc) is 2.10. The van der Waals surface area contributed by atoms with Gasteiger partial charge in [0.15, 0.2) is 0 Å². The van der Waals surface area contributed by atoms with Crippen molar-refractivity contribution in [1.29, 1.82) is 0 Å². The molecule has 0 saturated carbocycles. The Labute approximate surface area is 86.3 Å². The molecule has 74 valence electrons. The Morgan fingerprint density at radius 2 is 1.33 bits per heavy atom. The summed E-state index contributed by atoms with van der Waals surface area (Å²) in [5.74, 6) is 2.67. The number of rotatable bonds is 8. The van der Waals surface area contributed by atoms with Crippen molar-refractivity contribution >= 4 is 23.5 Å². The smallest absolute Gasteiger partial charge is 0.0502 e. The van der Waals surface area contributed by atoms with Crippen LogP contribution in [0.4, 0.5) is 0 Å². The highest BCUT2D eigenvalue weighted by Gasteiger charge is 2.06. The van der Waals surface area contributed by atoms with Crippen LogP contribution in [0.25, 0.3) is 0 Å². The highest BCUT2D eigenvalue weighted by Crippen LogP contribution is 2.28. The van der Waals surface area contributed by atoms with Crippen LogP contribution >= 0.6 is 23.5 Å². The summed E-state index contributed by atoms with van der Waals surface area (Å²) in [6.45, 7) is 6.81. The molecule has 0 radical (unpaired) electrons. The lowest BCUT2D eigenvalue weighted by molar-refractivity contribution is 0.867. The van der Waals surface area contributed by atoms with Crippen LogP contribution in [0.5, 0.6) is 0 Å². The van der Waals surface area contributed by atoms with Crippen molar-refractivity contribution in [1.82, 2.24) is 0 Å². The molecule has 0 rings (SSSR count). The highest BCUT2D eigenvalue weighted by atomic mass is 32.2. The summed E-state index contributed by atoms with van der Waals surface area (Å²) < 4.78 is 0.870. The molecule has 0 aliphatic carbocycles. The topological polar surface area (TPSA) is 0 Å². The molecule has 0 amide bonds. The van der Waals surface area contributed by atoms with Crippen molar-refractivity contribution in [3.8, 4) is 0 Å². The van der Waals surface area contributed by atoms with E-state index < -0.39 is 0 Å². The molecule has 0 bridgehead atoms. The average molecular weight is 206 g/mol. The summed E-state index contributed by atoms with van der Waals surface area (Å²) in [7, 11) is 0. The van der Waals surface area contributed by atoms with Crippen molar-refractivity contribution in [2.45, 2.75) is 51.0 Å². The van der Waals surface area contributed by atoms with Gasteiger partial charge in [-0.3, -0.25) is 0 Å². The van der Waals surface area contributed by atoms with Crippen LogP contribution in [0.1, 0.15) is 46.5 Å². The third-order valence-corrected chi connectivity index (χ3v) is 4.86. The molecule has 0 fully saturated rings. The Balaban J connectivity index is 3.40.